The van der Waals surface area contributed by atoms with Gasteiger partial charge in [0.25, 0.3) is 5.91 Å². The second kappa shape index (κ2) is 5.15. The van der Waals surface area contributed by atoms with Gasteiger partial charge < -0.3 is 4.74 Å². The van der Waals surface area contributed by atoms with E-state index in [1.54, 1.807) is 32.3 Å². The van der Waals surface area contributed by atoms with Crippen LogP contribution in [0.4, 0.5) is 5.95 Å². The molecule has 2 aromatic heterocycles. The molecule has 7 heteroatoms. The number of carbonyl (C=O) groups excluding carboxylic acids is 1. The average molecular weight is 261 g/mol. The number of aromatic amines is 1. The van der Waals surface area contributed by atoms with Crippen LogP contribution in [-0.4, -0.2) is 38.8 Å². The standard InChI is InChI=1S/C12H15N5O2/c1-12(2,19-3)10(18)15-11-14-9(16-17-11)8-5-4-6-13-7-8/h4-7H,1-3H3,(H2,14,15,16,17,18). The van der Waals surface area contributed by atoms with Crippen LogP contribution >= 0.6 is 0 Å². The summed E-state index contributed by atoms with van der Waals surface area (Å²) in [6, 6.07) is 3.64. The minimum absolute atomic E-state index is 0.203. The molecule has 0 radical (unpaired) electrons. The topological polar surface area (TPSA) is 92.8 Å². The van der Waals surface area contributed by atoms with Gasteiger partial charge in [-0.25, -0.2) is 0 Å². The number of anilines is 1. The molecule has 0 aromatic carbocycles. The van der Waals surface area contributed by atoms with Crippen molar-refractivity contribution in [3.05, 3.63) is 24.5 Å². The summed E-state index contributed by atoms with van der Waals surface area (Å²) in [5.74, 6) is 0.430. The van der Waals surface area contributed by atoms with Gasteiger partial charge >= 0.3 is 0 Å². The van der Waals surface area contributed by atoms with Crippen molar-refractivity contribution in [2.45, 2.75) is 19.4 Å². The molecule has 100 valence electrons. The minimum Gasteiger partial charge on any atom is -0.369 e. The number of carbonyl (C=O) groups is 1. The quantitative estimate of drug-likeness (QED) is 0.863. The Bertz CT molecular complexity index is 565. The average Bonchev–Trinajstić information content (AvgIpc) is 2.88. The lowest BCUT2D eigenvalue weighted by atomic mass is 10.1. The van der Waals surface area contributed by atoms with E-state index in [1.807, 2.05) is 6.07 Å². The molecule has 0 fully saturated rings. The number of rotatable bonds is 4. The van der Waals surface area contributed by atoms with E-state index in [9.17, 15) is 4.79 Å². The van der Waals surface area contributed by atoms with Crippen molar-refractivity contribution in [3.8, 4) is 11.4 Å². The van der Waals surface area contributed by atoms with Crippen molar-refractivity contribution in [1.82, 2.24) is 20.2 Å². The largest absolute Gasteiger partial charge is 0.369 e. The van der Waals surface area contributed by atoms with Crippen molar-refractivity contribution in [2.24, 2.45) is 0 Å². The van der Waals surface area contributed by atoms with E-state index in [4.69, 9.17) is 4.74 Å². The summed E-state index contributed by atoms with van der Waals surface area (Å²) in [4.78, 5) is 20.0. The van der Waals surface area contributed by atoms with E-state index < -0.39 is 5.60 Å². The Balaban J connectivity index is 2.13. The molecule has 0 aliphatic rings. The summed E-state index contributed by atoms with van der Waals surface area (Å²) >= 11 is 0. The van der Waals surface area contributed by atoms with Crippen molar-refractivity contribution in [1.29, 1.82) is 0 Å². The SMILES string of the molecule is COC(C)(C)C(=O)Nc1n[nH]c(-c2cccnc2)n1. The molecule has 0 saturated heterocycles. The van der Waals surface area contributed by atoms with Crippen molar-refractivity contribution in [2.75, 3.05) is 12.4 Å². The van der Waals surface area contributed by atoms with Crippen LogP contribution in [0.3, 0.4) is 0 Å². The van der Waals surface area contributed by atoms with Crippen LogP contribution in [0.5, 0.6) is 0 Å². The molecule has 2 rings (SSSR count). The fourth-order valence-corrected chi connectivity index (χ4v) is 1.29. The normalized spacial score (nSPS) is 11.3. The maximum atomic E-state index is 11.9. The third-order valence-electron chi connectivity index (χ3n) is 2.70. The molecule has 2 N–H and O–H groups in total. The molecular formula is C12H15N5O2. The predicted octanol–water partition coefficient (Wildman–Crippen LogP) is 1.23. The van der Waals surface area contributed by atoms with Gasteiger partial charge in [0.15, 0.2) is 5.82 Å². The number of pyridine rings is 1. The Morgan fingerprint density at radius 3 is 2.89 bits per heavy atom. The molecule has 0 unspecified atom stereocenters. The predicted molar refractivity (Wildman–Crippen MR) is 69.3 cm³/mol. The number of aromatic nitrogens is 4. The zero-order valence-corrected chi connectivity index (χ0v) is 11.0. The summed E-state index contributed by atoms with van der Waals surface area (Å²) in [7, 11) is 1.47. The zero-order valence-electron chi connectivity index (χ0n) is 11.0. The van der Waals surface area contributed by atoms with E-state index in [-0.39, 0.29) is 11.9 Å². The van der Waals surface area contributed by atoms with Gasteiger partial charge in [0.1, 0.15) is 5.60 Å². The third-order valence-corrected chi connectivity index (χ3v) is 2.70. The molecule has 0 bridgehead atoms. The van der Waals surface area contributed by atoms with E-state index in [2.05, 4.69) is 25.5 Å². The Morgan fingerprint density at radius 2 is 2.26 bits per heavy atom. The van der Waals surface area contributed by atoms with Gasteiger partial charge in [-0.3, -0.25) is 20.2 Å². The first-order valence-electron chi connectivity index (χ1n) is 5.72. The minimum atomic E-state index is -0.935. The fraction of sp³-hybridized carbons (Fsp3) is 0.333. The first-order valence-corrected chi connectivity index (χ1v) is 5.72. The van der Waals surface area contributed by atoms with E-state index in [0.29, 0.717) is 5.82 Å². The van der Waals surface area contributed by atoms with Gasteiger partial charge in [0.2, 0.25) is 5.95 Å². The molecule has 1 amide bonds. The monoisotopic (exact) mass is 261 g/mol. The van der Waals surface area contributed by atoms with E-state index in [0.717, 1.165) is 5.56 Å². The summed E-state index contributed by atoms with van der Waals surface area (Å²) in [6.45, 7) is 3.33. The van der Waals surface area contributed by atoms with Gasteiger partial charge in [-0.05, 0) is 26.0 Å². The highest BCUT2D eigenvalue weighted by Gasteiger charge is 2.27. The maximum Gasteiger partial charge on any atom is 0.258 e. The number of methoxy groups -OCH3 is 1. The lowest BCUT2D eigenvalue weighted by Gasteiger charge is -2.20. The molecule has 2 heterocycles. The van der Waals surface area contributed by atoms with Crippen LogP contribution in [0.1, 0.15) is 13.8 Å². The summed E-state index contributed by atoms with van der Waals surface area (Å²) in [5, 5.41) is 9.25. The molecule has 0 atom stereocenters. The number of ether oxygens (including phenoxy) is 1. The number of hydrogen-bond donors (Lipinski definition) is 2. The molecule has 0 aliphatic heterocycles. The second-order valence-corrected chi connectivity index (χ2v) is 4.42. The van der Waals surface area contributed by atoms with E-state index in [1.165, 1.54) is 7.11 Å². The Hall–Kier alpha value is -2.28. The number of H-pyrrole nitrogens is 1. The maximum absolute atomic E-state index is 11.9. The summed E-state index contributed by atoms with van der Waals surface area (Å²) in [5.41, 5.74) is -0.142. The van der Waals surface area contributed by atoms with Gasteiger partial charge in [-0.1, -0.05) is 0 Å². The highest BCUT2D eigenvalue weighted by Crippen LogP contribution is 2.15. The fourth-order valence-electron chi connectivity index (χ4n) is 1.29. The third kappa shape index (κ3) is 2.94. The van der Waals surface area contributed by atoms with Crippen LogP contribution in [0, 0.1) is 0 Å². The highest BCUT2D eigenvalue weighted by molar-refractivity contribution is 5.95. The molecular weight excluding hydrogens is 246 g/mol. The summed E-state index contributed by atoms with van der Waals surface area (Å²) < 4.78 is 5.08. The molecule has 0 aliphatic carbocycles. The van der Waals surface area contributed by atoms with Crippen LogP contribution in [0.25, 0.3) is 11.4 Å². The number of nitrogens with zero attached hydrogens (tertiary/aromatic N) is 3. The first-order chi connectivity index (χ1) is 9.03. The Kier molecular flexibility index (Phi) is 3.57. The van der Waals surface area contributed by atoms with Crippen LogP contribution in [0.15, 0.2) is 24.5 Å². The number of nitrogens with one attached hydrogen (secondary N) is 2. The van der Waals surface area contributed by atoms with E-state index >= 15 is 0 Å². The zero-order chi connectivity index (χ0) is 13.9. The first kappa shape index (κ1) is 13.2. The Labute approximate surface area is 110 Å². The van der Waals surface area contributed by atoms with Crippen LogP contribution in [0.2, 0.25) is 0 Å². The van der Waals surface area contributed by atoms with Crippen molar-refractivity contribution < 1.29 is 9.53 Å². The van der Waals surface area contributed by atoms with Gasteiger partial charge in [0, 0.05) is 25.1 Å². The molecule has 2 aromatic rings. The van der Waals surface area contributed by atoms with Crippen LogP contribution in [-0.2, 0) is 9.53 Å². The molecule has 19 heavy (non-hydrogen) atoms. The molecule has 0 spiro atoms. The Morgan fingerprint density at radius 1 is 1.47 bits per heavy atom. The smallest absolute Gasteiger partial charge is 0.258 e. The summed E-state index contributed by atoms with van der Waals surface area (Å²) in [6.07, 6.45) is 3.33. The number of hydrogen-bond acceptors (Lipinski definition) is 5. The molecule has 7 nitrogen and oxygen atoms in total. The second-order valence-electron chi connectivity index (χ2n) is 4.42. The van der Waals surface area contributed by atoms with Crippen molar-refractivity contribution >= 4 is 11.9 Å². The van der Waals surface area contributed by atoms with Crippen molar-refractivity contribution in [3.63, 3.8) is 0 Å². The van der Waals surface area contributed by atoms with Gasteiger partial charge in [-0.15, -0.1) is 5.10 Å². The highest BCUT2D eigenvalue weighted by atomic mass is 16.5. The number of amides is 1. The lowest BCUT2D eigenvalue weighted by molar-refractivity contribution is -0.133. The van der Waals surface area contributed by atoms with Gasteiger partial charge in [0.05, 0.1) is 0 Å². The lowest BCUT2D eigenvalue weighted by Crippen LogP contribution is -2.39. The molecule has 0 saturated carbocycles. The van der Waals surface area contributed by atoms with Gasteiger partial charge in [-0.2, -0.15) is 4.98 Å². The van der Waals surface area contributed by atoms with Crippen LogP contribution < -0.4 is 5.32 Å².